The number of rotatable bonds is 7. The average molecular weight is 491 g/mol. The second kappa shape index (κ2) is 11.3. The van der Waals surface area contributed by atoms with Gasteiger partial charge in [-0.3, -0.25) is 9.78 Å². The highest BCUT2D eigenvalue weighted by molar-refractivity contribution is 7.97. The van der Waals surface area contributed by atoms with Gasteiger partial charge in [-0.15, -0.1) is 0 Å². The zero-order chi connectivity index (χ0) is 24.8. The summed E-state index contributed by atoms with van der Waals surface area (Å²) >= 11 is 1.32. The highest BCUT2D eigenvalue weighted by Crippen LogP contribution is 2.26. The maximum Gasteiger partial charge on any atom is 0.253 e. The second-order valence-corrected chi connectivity index (χ2v) is 9.21. The number of benzene rings is 2. The molecule has 0 aliphatic carbocycles. The van der Waals surface area contributed by atoms with Gasteiger partial charge in [-0.05, 0) is 67.6 Å². The quantitative estimate of drug-likeness (QED) is 0.283. The van der Waals surface area contributed by atoms with Crippen molar-refractivity contribution in [2.24, 2.45) is 16.0 Å². The Morgan fingerprint density at radius 3 is 2.89 bits per heavy atom. The predicted octanol–water partition coefficient (Wildman–Crippen LogP) is 4.68. The number of pyridine rings is 1. The number of carbonyl (C=O) groups is 1. The number of aromatic nitrogens is 1. The van der Waals surface area contributed by atoms with Crippen LogP contribution in [0.2, 0.25) is 0 Å². The predicted molar refractivity (Wildman–Crippen MR) is 141 cm³/mol. The number of nitrogens with zero attached hydrogens (tertiary/aromatic N) is 3. The number of piperidine rings is 1. The van der Waals surface area contributed by atoms with Crippen molar-refractivity contribution >= 4 is 23.7 Å². The van der Waals surface area contributed by atoms with Crippen LogP contribution in [0.15, 0.2) is 65.2 Å². The molecule has 3 aromatic rings. The summed E-state index contributed by atoms with van der Waals surface area (Å²) in [5.41, 5.74) is 10.0. The molecule has 1 atom stereocenters. The molecule has 1 aliphatic heterocycles. The molecule has 4 rings (SSSR count). The van der Waals surface area contributed by atoms with Crippen LogP contribution in [-0.4, -0.2) is 52.7 Å². The van der Waals surface area contributed by atoms with Crippen LogP contribution in [0.1, 0.15) is 34.3 Å². The molecule has 0 unspecified atom stereocenters. The summed E-state index contributed by atoms with van der Waals surface area (Å²) in [7, 11) is 0. The lowest BCUT2D eigenvalue weighted by Gasteiger charge is -2.33. The third-order valence-electron chi connectivity index (χ3n) is 6.11. The minimum absolute atomic E-state index is 0.0221. The highest BCUT2D eigenvalue weighted by Gasteiger charge is 2.26. The van der Waals surface area contributed by atoms with Gasteiger partial charge < -0.3 is 20.5 Å². The molecule has 0 radical (unpaired) electrons. The van der Waals surface area contributed by atoms with Crippen LogP contribution in [0.25, 0.3) is 11.3 Å². The molecule has 1 amide bonds. The van der Waals surface area contributed by atoms with Gasteiger partial charge in [-0.25, -0.2) is 0 Å². The molecule has 182 valence electrons. The third-order valence-corrected chi connectivity index (χ3v) is 6.49. The molecular weight excluding hydrogens is 460 g/mol. The summed E-state index contributed by atoms with van der Waals surface area (Å²) in [4.78, 5) is 19.6. The van der Waals surface area contributed by atoms with Crippen LogP contribution >= 0.6 is 11.9 Å². The molecule has 2 heterocycles. The van der Waals surface area contributed by atoms with Gasteiger partial charge >= 0.3 is 0 Å². The SMILES string of the molecule is CS/N=C(/N)c1c(C)cccc1OC[C@H]1CCCN(C(=O)c2ccnc(-c3cccc(O)c3)c2)C1. The molecule has 8 heteroatoms. The van der Waals surface area contributed by atoms with E-state index in [1.165, 1.54) is 11.9 Å². The van der Waals surface area contributed by atoms with Crippen molar-refractivity contribution in [3.63, 3.8) is 0 Å². The lowest BCUT2D eigenvalue weighted by molar-refractivity contribution is 0.0633. The van der Waals surface area contributed by atoms with E-state index in [1.807, 2.05) is 42.3 Å². The molecule has 1 fully saturated rings. The van der Waals surface area contributed by atoms with E-state index in [9.17, 15) is 9.90 Å². The fourth-order valence-corrected chi connectivity index (χ4v) is 4.68. The summed E-state index contributed by atoms with van der Waals surface area (Å²) in [5.74, 6) is 1.52. The number of phenols is 1. The number of carbonyl (C=O) groups excluding carboxylic acids is 1. The van der Waals surface area contributed by atoms with Crippen LogP contribution < -0.4 is 10.5 Å². The molecule has 1 aliphatic rings. The fraction of sp³-hybridized carbons (Fsp3) is 0.296. The maximum absolute atomic E-state index is 13.3. The van der Waals surface area contributed by atoms with E-state index in [0.717, 1.165) is 29.5 Å². The van der Waals surface area contributed by atoms with Crippen LogP contribution in [-0.2, 0) is 0 Å². The number of amides is 1. The molecule has 7 nitrogen and oxygen atoms in total. The van der Waals surface area contributed by atoms with Crippen molar-refractivity contribution < 1.29 is 14.6 Å². The first-order chi connectivity index (χ1) is 17.0. The summed E-state index contributed by atoms with van der Waals surface area (Å²) in [5, 5.41) is 9.78. The number of phenolic OH excluding ortho intramolecular Hbond substituents is 1. The Balaban J connectivity index is 1.44. The van der Waals surface area contributed by atoms with Crippen molar-refractivity contribution in [3.8, 4) is 22.8 Å². The molecular formula is C27H30N4O3S. The lowest BCUT2D eigenvalue weighted by Crippen LogP contribution is -2.41. The van der Waals surface area contributed by atoms with E-state index in [1.54, 1.807) is 36.5 Å². The van der Waals surface area contributed by atoms with Crippen LogP contribution in [0.5, 0.6) is 11.5 Å². The minimum atomic E-state index is -0.0221. The first-order valence-corrected chi connectivity index (χ1v) is 12.8. The van der Waals surface area contributed by atoms with Crippen LogP contribution in [0, 0.1) is 12.8 Å². The van der Waals surface area contributed by atoms with Gasteiger partial charge in [0.05, 0.1) is 17.9 Å². The number of amidine groups is 1. The molecule has 35 heavy (non-hydrogen) atoms. The van der Waals surface area contributed by atoms with Gasteiger partial charge in [0.25, 0.3) is 5.91 Å². The Kier molecular flexibility index (Phi) is 7.92. The fourth-order valence-electron chi connectivity index (χ4n) is 4.40. The standard InChI is InChI=1S/C27H30N4O3S/c1-18-6-3-10-24(25(18)26(28)30-35-2)34-17-19-7-5-13-31(16-19)27(33)21-11-12-29-23(15-21)20-8-4-9-22(32)14-20/h3-4,6,8-12,14-15,19,32H,5,7,13,16-17H2,1-2H3,(H2,28,30)/t19-/m0/s1. The number of aryl methyl sites for hydroxylation is 1. The largest absolute Gasteiger partial charge is 0.508 e. The zero-order valence-corrected chi connectivity index (χ0v) is 20.8. The number of likely N-dealkylation sites (tertiary alicyclic amines) is 1. The molecule has 0 saturated carbocycles. The van der Waals surface area contributed by atoms with Crippen molar-refractivity contribution in [1.82, 2.24) is 9.88 Å². The molecule has 0 spiro atoms. The Morgan fingerprint density at radius 2 is 2.09 bits per heavy atom. The van der Waals surface area contributed by atoms with Crippen molar-refractivity contribution in [2.45, 2.75) is 19.8 Å². The van der Waals surface area contributed by atoms with E-state index in [2.05, 4.69) is 9.38 Å². The van der Waals surface area contributed by atoms with E-state index < -0.39 is 0 Å². The van der Waals surface area contributed by atoms with E-state index in [0.29, 0.717) is 42.5 Å². The lowest BCUT2D eigenvalue weighted by atomic mass is 9.98. The monoisotopic (exact) mass is 490 g/mol. The minimum Gasteiger partial charge on any atom is -0.508 e. The number of ether oxygens (including phenoxy) is 1. The first kappa shape index (κ1) is 24.6. The van der Waals surface area contributed by atoms with Crippen LogP contribution in [0.4, 0.5) is 0 Å². The smallest absolute Gasteiger partial charge is 0.253 e. The molecule has 1 saturated heterocycles. The van der Waals surface area contributed by atoms with Gasteiger partial charge in [0.1, 0.15) is 17.3 Å². The summed E-state index contributed by atoms with van der Waals surface area (Å²) in [6.07, 6.45) is 5.41. The zero-order valence-electron chi connectivity index (χ0n) is 20.0. The summed E-state index contributed by atoms with van der Waals surface area (Å²) < 4.78 is 10.5. The van der Waals surface area contributed by atoms with Gasteiger partial charge in [-0.1, -0.05) is 24.3 Å². The first-order valence-electron chi connectivity index (χ1n) is 11.6. The second-order valence-electron chi connectivity index (χ2n) is 8.66. The van der Waals surface area contributed by atoms with Crippen molar-refractivity contribution in [2.75, 3.05) is 26.0 Å². The van der Waals surface area contributed by atoms with Crippen molar-refractivity contribution in [1.29, 1.82) is 0 Å². The van der Waals surface area contributed by atoms with E-state index in [-0.39, 0.29) is 17.6 Å². The number of hydrogen-bond donors (Lipinski definition) is 2. The third kappa shape index (κ3) is 5.95. The Morgan fingerprint density at radius 1 is 1.26 bits per heavy atom. The highest BCUT2D eigenvalue weighted by atomic mass is 32.2. The molecule has 3 N–H and O–H groups in total. The number of hydrogen-bond acceptors (Lipinski definition) is 6. The molecule has 0 bridgehead atoms. The van der Waals surface area contributed by atoms with E-state index >= 15 is 0 Å². The van der Waals surface area contributed by atoms with Gasteiger partial charge in [-0.2, -0.15) is 4.40 Å². The van der Waals surface area contributed by atoms with Gasteiger partial charge in [0.2, 0.25) is 0 Å². The summed E-state index contributed by atoms with van der Waals surface area (Å²) in [6, 6.07) is 16.2. The normalized spacial score (nSPS) is 16.2. The molecule has 2 aromatic carbocycles. The topological polar surface area (TPSA) is 101 Å². The Hall–Kier alpha value is -3.52. The van der Waals surface area contributed by atoms with Gasteiger partial charge in [0.15, 0.2) is 0 Å². The number of aromatic hydroxyl groups is 1. The molecule has 1 aromatic heterocycles. The van der Waals surface area contributed by atoms with Crippen molar-refractivity contribution in [3.05, 3.63) is 77.5 Å². The van der Waals surface area contributed by atoms with E-state index in [4.69, 9.17) is 10.5 Å². The number of nitrogens with two attached hydrogens (primary N) is 1. The Bertz CT molecular complexity index is 1230. The van der Waals surface area contributed by atoms with Crippen LogP contribution in [0.3, 0.4) is 0 Å². The summed E-state index contributed by atoms with van der Waals surface area (Å²) in [6.45, 7) is 3.82. The maximum atomic E-state index is 13.3. The Labute approximate surface area is 210 Å². The average Bonchev–Trinajstić information content (AvgIpc) is 2.87. The van der Waals surface area contributed by atoms with Gasteiger partial charge in [0, 0.05) is 42.6 Å².